The van der Waals surface area contributed by atoms with Gasteiger partial charge in [0, 0.05) is 28.4 Å². The number of rotatable bonds is 14. The molecule has 132 valence electrons. The van der Waals surface area contributed by atoms with Gasteiger partial charge in [-0.25, -0.2) is 0 Å². The summed E-state index contributed by atoms with van der Waals surface area (Å²) in [5, 5.41) is 0. The van der Waals surface area contributed by atoms with Crippen LogP contribution in [-0.2, 0) is 17.7 Å². The van der Waals surface area contributed by atoms with Crippen LogP contribution in [0.4, 0.5) is 0 Å². The molecular weight excluding hydrogens is 312 g/mol. The summed E-state index contributed by atoms with van der Waals surface area (Å²) in [4.78, 5) is 0. The van der Waals surface area contributed by atoms with Crippen LogP contribution < -0.4 is 0 Å². The first-order chi connectivity index (χ1) is 10.4. The highest BCUT2D eigenvalue weighted by atomic mass is 28.4. The van der Waals surface area contributed by atoms with Crippen molar-refractivity contribution in [1.29, 1.82) is 0 Å². The number of hydrogen-bond donors (Lipinski definition) is 0. The largest absolute Gasteiger partial charge is 0.398 e. The number of hydrogen-bond acceptors (Lipinski definition) is 4. The van der Waals surface area contributed by atoms with Crippen LogP contribution in [-0.4, -0.2) is 45.6 Å². The van der Waals surface area contributed by atoms with Crippen molar-refractivity contribution in [3.05, 3.63) is 11.8 Å². The van der Waals surface area contributed by atoms with Gasteiger partial charge in [-0.3, -0.25) is 0 Å². The van der Waals surface area contributed by atoms with E-state index >= 15 is 0 Å². The van der Waals surface area contributed by atoms with E-state index in [2.05, 4.69) is 24.9 Å². The molecule has 0 aromatic carbocycles. The maximum Gasteiger partial charge on any atom is 0.360 e. The lowest BCUT2D eigenvalue weighted by Crippen LogP contribution is -2.35. The van der Waals surface area contributed by atoms with Gasteiger partial charge in [-0.1, -0.05) is 38.2 Å². The van der Waals surface area contributed by atoms with E-state index in [0.29, 0.717) is 0 Å². The monoisotopic (exact) mass is 348 g/mol. The molecule has 22 heavy (non-hydrogen) atoms. The molecule has 0 aromatic heterocycles. The van der Waals surface area contributed by atoms with Crippen molar-refractivity contribution in [3.63, 3.8) is 0 Å². The summed E-state index contributed by atoms with van der Waals surface area (Å²) < 4.78 is 21.8. The van der Waals surface area contributed by atoms with Gasteiger partial charge in [-0.2, -0.15) is 0 Å². The summed E-state index contributed by atoms with van der Waals surface area (Å²) in [5.74, 6) is 0. The zero-order chi connectivity index (χ0) is 16.9. The van der Waals surface area contributed by atoms with E-state index in [1.165, 1.54) is 38.5 Å². The summed E-state index contributed by atoms with van der Waals surface area (Å²) in [7, 11) is 3.14. The average Bonchev–Trinajstić information content (AvgIpc) is 2.56. The summed E-state index contributed by atoms with van der Waals surface area (Å²) in [6, 6.07) is 1.10. The molecule has 6 heteroatoms. The van der Waals surface area contributed by atoms with Crippen LogP contribution >= 0.6 is 0 Å². The van der Waals surface area contributed by atoms with Crippen LogP contribution in [0.1, 0.15) is 44.9 Å². The summed E-state index contributed by atoms with van der Waals surface area (Å²) in [5.41, 5.74) is 2.13. The van der Waals surface area contributed by atoms with Crippen LogP contribution in [0.25, 0.3) is 0 Å². The second-order valence-corrected chi connectivity index (χ2v) is 12.8. The van der Waals surface area contributed by atoms with Crippen LogP contribution in [0.15, 0.2) is 11.8 Å². The molecule has 0 aliphatic heterocycles. The third-order valence-corrected chi connectivity index (χ3v) is 9.80. The fraction of sp³-hybridized carbons (Fsp3) is 0.875. The summed E-state index contributed by atoms with van der Waals surface area (Å²) in [6.45, 7) is 4.19. The normalized spacial score (nSPS) is 13.2. The van der Waals surface area contributed by atoms with Gasteiger partial charge in [0.15, 0.2) is 0 Å². The predicted molar refractivity (Wildman–Crippen MR) is 97.5 cm³/mol. The minimum atomic E-state index is -2.01. The van der Waals surface area contributed by atoms with Crippen molar-refractivity contribution < 1.29 is 17.7 Å². The smallest absolute Gasteiger partial charge is 0.360 e. The minimum absolute atomic E-state index is 1.10. The van der Waals surface area contributed by atoms with Crippen LogP contribution in [0, 0.1) is 0 Å². The minimum Gasteiger partial charge on any atom is -0.398 e. The molecule has 0 bridgehead atoms. The quantitative estimate of drug-likeness (QED) is 0.341. The molecule has 0 heterocycles. The van der Waals surface area contributed by atoms with Crippen molar-refractivity contribution in [2.24, 2.45) is 0 Å². The molecule has 0 saturated heterocycles. The Balaban J connectivity index is 3.54. The lowest BCUT2D eigenvalue weighted by atomic mass is 10.1. The van der Waals surface area contributed by atoms with E-state index in [9.17, 15) is 0 Å². The molecule has 0 aromatic rings. The van der Waals surface area contributed by atoms with Gasteiger partial charge < -0.3 is 17.7 Å². The van der Waals surface area contributed by atoms with Crippen molar-refractivity contribution in [2.45, 2.75) is 64.1 Å². The Morgan fingerprint density at radius 2 is 1.18 bits per heavy atom. The Hall–Kier alpha value is 0.0138. The zero-order valence-electron chi connectivity index (χ0n) is 15.4. The van der Waals surface area contributed by atoms with E-state index < -0.39 is 17.1 Å². The van der Waals surface area contributed by atoms with Gasteiger partial charge in [0.2, 0.25) is 0 Å². The third-order valence-electron chi connectivity index (χ3n) is 4.35. The number of unbranched alkanes of at least 4 members (excludes halogenated alkanes) is 6. The van der Waals surface area contributed by atoms with Gasteiger partial charge in [-0.05, 0) is 37.7 Å². The first kappa shape index (κ1) is 22.0. The Morgan fingerprint density at radius 3 is 1.68 bits per heavy atom. The molecule has 0 amide bonds. The molecule has 0 radical (unpaired) electrons. The van der Waals surface area contributed by atoms with Gasteiger partial charge in [-0.15, -0.1) is 0 Å². The first-order valence-electron chi connectivity index (χ1n) is 8.33. The SMILES string of the molecule is CO[Si](C)(C=CCCCCCCCC[Si](C)(OC)OC)OC. The second-order valence-electron chi connectivity index (χ2n) is 6.03. The highest BCUT2D eigenvalue weighted by Gasteiger charge is 2.27. The van der Waals surface area contributed by atoms with E-state index in [4.69, 9.17) is 17.7 Å². The third kappa shape index (κ3) is 9.92. The Bertz CT molecular complexity index is 290. The Labute approximate surface area is 139 Å². The lowest BCUT2D eigenvalue weighted by Gasteiger charge is -2.22. The van der Waals surface area contributed by atoms with Crippen molar-refractivity contribution >= 4 is 17.1 Å². The Morgan fingerprint density at radius 1 is 0.682 bits per heavy atom. The van der Waals surface area contributed by atoms with Crippen LogP contribution in [0.5, 0.6) is 0 Å². The first-order valence-corrected chi connectivity index (χ1v) is 13.3. The van der Waals surface area contributed by atoms with E-state index in [0.717, 1.165) is 12.5 Å². The standard InChI is InChI=1S/C16H36O4Si2/c1-17-21(5,18-2)15-13-11-9-7-8-10-12-14-16-22(6,19-3)20-4/h13,15H,7-12,14,16H2,1-6H3. The molecule has 0 rings (SSSR count). The van der Waals surface area contributed by atoms with Crippen molar-refractivity contribution in [1.82, 2.24) is 0 Å². The Kier molecular flexibility index (Phi) is 12.4. The highest BCUT2D eigenvalue weighted by molar-refractivity contribution is 6.71. The van der Waals surface area contributed by atoms with E-state index in [1.807, 2.05) is 0 Å². The van der Waals surface area contributed by atoms with Gasteiger partial charge in [0.25, 0.3) is 0 Å². The molecular formula is C16H36O4Si2. The molecule has 0 atom stereocenters. The van der Waals surface area contributed by atoms with E-state index in [-0.39, 0.29) is 0 Å². The highest BCUT2D eigenvalue weighted by Crippen LogP contribution is 2.17. The second kappa shape index (κ2) is 12.4. The van der Waals surface area contributed by atoms with Gasteiger partial charge in [0.05, 0.1) is 0 Å². The zero-order valence-corrected chi connectivity index (χ0v) is 17.4. The average molecular weight is 349 g/mol. The number of allylic oxidation sites excluding steroid dienone is 1. The summed E-state index contributed by atoms with van der Waals surface area (Å²) >= 11 is 0. The topological polar surface area (TPSA) is 36.9 Å². The van der Waals surface area contributed by atoms with Crippen LogP contribution in [0.2, 0.25) is 19.1 Å². The van der Waals surface area contributed by atoms with Gasteiger partial charge in [0.1, 0.15) is 0 Å². The van der Waals surface area contributed by atoms with Crippen molar-refractivity contribution in [2.75, 3.05) is 28.4 Å². The fourth-order valence-corrected chi connectivity index (χ4v) is 4.72. The molecule has 0 N–H and O–H groups in total. The lowest BCUT2D eigenvalue weighted by molar-refractivity contribution is 0.248. The fourth-order valence-electron chi connectivity index (χ4n) is 2.22. The molecule has 0 spiro atoms. The maximum atomic E-state index is 5.50. The maximum absolute atomic E-state index is 5.50. The van der Waals surface area contributed by atoms with Gasteiger partial charge >= 0.3 is 17.1 Å². The molecule has 0 unspecified atom stereocenters. The van der Waals surface area contributed by atoms with E-state index in [1.54, 1.807) is 28.4 Å². The molecule has 0 saturated carbocycles. The molecule has 4 nitrogen and oxygen atoms in total. The predicted octanol–water partition coefficient (Wildman–Crippen LogP) is 4.54. The molecule has 0 aliphatic rings. The molecule has 0 fully saturated rings. The van der Waals surface area contributed by atoms with Crippen LogP contribution in [0.3, 0.4) is 0 Å². The van der Waals surface area contributed by atoms with Crippen molar-refractivity contribution in [3.8, 4) is 0 Å². The molecule has 0 aliphatic carbocycles. The summed E-state index contributed by atoms with van der Waals surface area (Å²) in [6.07, 6.45) is 11.0.